The van der Waals surface area contributed by atoms with E-state index >= 15 is 0 Å². The van der Waals surface area contributed by atoms with E-state index in [2.05, 4.69) is 5.32 Å². The molecule has 126 valence electrons. The molecule has 0 radical (unpaired) electrons. The van der Waals surface area contributed by atoms with E-state index in [1.165, 1.54) is 14.2 Å². The predicted molar refractivity (Wildman–Crippen MR) is 89.5 cm³/mol. The van der Waals surface area contributed by atoms with Crippen molar-refractivity contribution in [2.24, 2.45) is 0 Å². The number of rotatable bonds is 6. The highest BCUT2D eigenvalue weighted by molar-refractivity contribution is 6.02. The van der Waals surface area contributed by atoms with Gasteiger partial charge in [-0.25, -0.2) is 4.79 Å². The first kappa shape index (κ1) is 17.3. The Hall–Kier alpha value is -3.02. The van der Waals surface area contributed by atoms with Gasteiger partial charge in [0.05, 0.1) is 25.5 Å². The molecule has 2 aromatic rings. The largest absolute Gasteiger partial charge is 0.493 e. The molecular weight excluding hydrogens is 310 g/mol. The summed E-state index contributed by atoms with van der Waals surface area (Å²) in [5.74, 6) is 0.0810. The van der Waals surface area contributed by atoms with Crippen LogP contribution in [0.3, 0.4) is 0 Å². The fraction of sp³-hybridized carbons (Fsp3) is 0.222. The Morgan fingerprint density at radius 2 is 1.58 bits per heavy atom. The fourth-order valence-corrected chi connectivity index (χ4v) is 2.07. The molecule has 0 bridgehead atoms. The lowest BCUT2D eigenvalue weighted by molar-refractivity contribution is -0.122. The number of anilines is 1. The first-order chi connectivity index (χ1) is 11.6. The number of para-hydroxylation sites is 3. The van der Waals surface area contributed by atoms with Gasteiger partial charge in [0.25, 0.3) is 5.91 Å². The van der Waals surface area contributed by atoms with Crippen LogP contribution in [0.2, 0.25) is 0 Å². The number of methoxy groups -OCH3 is 2. The summed E-state index contributed by atoms with van der Waals surface area (Å²) in [6, 6.07) is 13.7. The highest BCUT2D eigenvalue weighted by Gasteiger charge is 2.19. The van der Waals surface area contributed by atoms with E-state index in [9.17, 15) is 9.59 Å². The lowest BCUT2D eigenvalue weighted by Gasteiger charge is -2.17. The van der Waals surface area contributed by atoms with E-state index in [-0.39, 0.29) is 5.56 Å². The number of hydrogen-bond acceptors (Lipinski definition) is 5. The molecule has 0 aliphatic heterocycles. The van der Waals surface area contributed by atoms with E-state index in [1.54, 1.807) is 49.4 Å². The zero-order chi connectivity index (χ0) is 17.5. The number of carbonyl (C=O) groups is 2. The van der Waals surface area contributed by atoms with Gasteiger partial charge >= 0.3 is 5.97 Å². The van der Waals surface area contributed by atoms with Crippen LogP contribution in [0.15, 0.2) is 48.5 Å². The number of hydrogen-bond donors (Lipinski definition) is 1. The smallest absolute Gasteiger partial charge is 0.339 e. The molecule has 0 saturated carbocycles. The van der Waals surface area contributed by atoms with Gasteiger partial charge in [0.1, 0.15) is 0 Å². The zero-order valence-electron chi connectivity index (χ0n) is 13.7. The highest BCUT2D eigenvalue weighted by Crippen LogP contribution is 2.27. The van der Waals surface area contributed by atoms with Gasteiger partial charge in [-0.2, -0.15) is 0 Å². The summed E-state index contributed by atoms with van der Waals surface area (Å²) >= 11 is 0. The molecule has 6 nitrogen and oxygen atoms in total. The molecule has 0 aliphatic carbocycles. The third kappa shape index (κ3) is 4.04. The van der Waals surface area contributed by atoms with Crippen molar-refractivity contribution in [1.82, 2.24) is 0 Å². The van der Waals surface area contributed by atoms with Crippen molar-refractivity contribution in [2.75, 3.05) is 19.5 Å². The molecule has 0 saturated heterocycles. The number of carbonyl (C=O) groups excluding carboxylic acids is 2. The second kappa shape index (κ2) is 8.01. The monoisotopic (exact) mass is 329 g/mol. The molecule has 1 unspecified atom stereocenters. The van der Waals surface area contributed by atoms with Gasteiger partial charge < -0.3 is 19.5 Å². The standard InChI is InChI=1S/C18H19NO5/c1-12(24-16-11-7-6-10-15(16)22-2)17(20)19-14-9-5-4-8-13(14)18(21)23-3/h4-12H,1-3H3,(H,19,20). The molecule has 0 aromatic heterocycles. The summed E-state index contributed by atoms with van der Waals surface area (Å²) < 4.78 is 15.5. The summed E-state index contributed by atoms with van der Waals surface area (Å²) in [7, 11) is 2.81. The average Bonchev–Trinajstić information content (AvgIpc) is 2.61. The fourth-order valence-electron chi connectivity index (χ4n) is 2.07. The van der Waals surface area contributed by atoms with Gasteiger partial charge in [-0.05, 0) is 31.2 Å². The minimum absolute atomic E-state index is 0.276. The van der Waals surface area contributed by atoms with Crippen molar-refractivity contribution in [3.8, 4) is 11.5 Å². The van der Waals surface area contributed by atoms with E-state index < -0.39 is 18.0 Å². The van der Waals surface area contributed by atoms with Crippen molar-refractivity contribution >= 4 is 17.6 Å². The maximum Gasteiger partial charge on any atom is 0.339 e. The van der Waals surface area contributed by atoms with E-state index in [0.29, 0.717) is 17.2 Å². The number of ether oxygens (including phenoxy) is 3. The van der Waals surface area contributed by atoms with Crippen LogP contribution in [0.5, 0.6) is 11.5 Å². The number of benzene rings is 2. The summed E-state index contributed by atoms with van der Waals surface area (Å²) in [6.45, 7) is 1.61. The molecule has 0 spiro atoms. The molecule has 0 heterocycles. The molecule has 2 rings (SSSR count). The molecule has 6 heteroatoms. The van der Waals surface area contributed by atoms with Crippen molar-refractivity contribution in [3.05, 3.63) is 54.1 Å². The van der Waals surface area contributed by atoms with Crippen molar-refractivity contribution in [1.29, 1.82) is 0 Å². The lowest BCUT2D eigenvalue weighted by Crippen LogP contribution is -2.30. The van der Waals surface area contributed by atoms with Crippen LogP contribution in [0, 0.1) is 0 Å². The average molecular weight is 329 g/mol. The molecular formula is C18H19NO5. The quantitative estimate of drug-likeness (QED) is 0.825. The van der Waals surface area contributed by atoms with Gasteiger partial charge in [-0.15, -0.1) is 0 Å². The molecule has 1 amide bonds. The Kier molecular flexibility index (Phi) is 5.78. The first-order valence-corrected chi connectivity index (χ1v) is 7.34. The maximum atomic E-state index is 12.4. The van der Waals surface area contributed by atoms with Gasteiger partial charge in [0.2, 0.25) is 0 Å². The van der Waals surface area contributed by atoms with Crippen LogP contribution < -0.4 is 14.8 Å². The second-order valence-corrected chi connectivity index (χ2v) is 4.94. The van der Waals surface area contributed by atoms with Gasteiger partial charge in [0, 0.05) is 0 Å². The van der Waals surface area contributed by atoms with Crippen LogP contribution in [0.4, 0.5) is 5.69 Å². The van der Waals surface area contributed by atoms with Crippen molar-refractivity contribution in [3.63, 3.8) is 0 Å². The zero-order valence-corrected chi connectivity index (χ0v) is 13.7. The third-order valence-electron chi connectivity index (χ3n) is 3.33. The first-order valence-electron chi connectivity index (χ1n) is 7.34. The van der Waals surface area contributed by atoms with E-state index in [4.69, 9.17) is 14.2 Å². The Labute approximate surface area is 140 Å². The van der Waals surface area contributed by atoms with Gasteiger partial charge in [0.15, 0.2) is 17.6 Å². The van der Waals surface area contributed by atoms with Gasteiger partial charge in [-0.1, -0.05) is 24.3 Å². The number of nitrogens with one attached hydrogen (secondary N) is 1. The van der Waals surface area contributed by atoms with Crippen LogP contribution in [-0.2, 0) is 9.53 Å². The summed E-state index contributed by atoms with van der Waals surface area (Å²) in [6.07, 6.45) is -0.785. The lowest BCUT2D eigenvalue weighted by atomic mass is 10.1. The number of esters is 1. The Morgan fingerprint density at radius 3 is 2.25 bits per heavy atom. The Bertz CT molecular complexity index is 729. The SMILES string of the molecule is COC(=O)c1ccccc1NC(=O)C(C)Oc1ccccc1OC. The molecule has 1 N–H and O–H groups in total. The Morgan fingerprint density at radius 1 is 0.958 bits per heavy atom. The highest BCUT2D eigenvalue weighted by atomic mass is 16.5. The minimum atomic E-state index is -0.785. The number of amides is 1. The predicted octanol–water partition coefficient (Wildman–Crippen LogP) is 2.89. The van der Waals surface area contributed by atoms with E-state index in [1.807, 2.05) is 6.07 Å². The maximum absolute atomic E-state index is 12.4. The van der Waals surface area contributed by atoms with Crippen LogP contribution in [-0.4, -0.2) is 32.2 Å². The van der Waals surface area contributed by atoms with Crippen LogP contribution in [0.25, 0.3) is 0 Å². The van der Waals surface area contributed by atoms with Crippen LogP contribution in [0.1, 0.15) is 17.3 Å². The molecule has 2 aromatic carbocycles. The van der Waals surface area contributed by atoms with Crippen molar-refractivity contribution in [2.45, 2.75) is 13.0 Å². The normalized spacial score (nSPS) is 11.3. The summed E-state index contributed by atoms with van der Waals surface area (Å²) in [5, 5.41) is 2.68. The molecule has 0 aliphatic rings. The Balaban J connectivity index is 2.11. The molecule has 24 heavy (non-hydrogen) atoms. The summed E-state index contributed by atoms with van der Waals surface area (Å²) in [4.78, 5) is 24.1. The van der Waals surface area contributed by atoms with Crippen molar-refractivity contribution < 1.29 is 23.8 Å². The molecule has 1 atom stereocenters. The third-order valence-corrected chi connectivity index (χ3v) is 3.33. The van der Waals surface area contributed by atoms with Crippen LogP contribution >= 0.6 is 0 Å². The topological polar surface area (TPSA) is 73.9 Å². The minimum Gasteiger partial charge on any atom is -0.493 e. The second-order valence-electron chi connectivity index (χ2n) is 4.94. The molecule has 0 fully saturated rings. The van der Waals surface area contributed by atoms with Gasteiger partial charge in [-0.3, -0.25) is 4.79 Å². The van der Waals surface area contributed by atoms with E-state index in [0.717, 1.165) is 0 Å². The summed E-state index contributed by atoms with van der Waals surface area (Å²) in [5.41, 5.74) is 0.641.